The molecule has 0 saturated carbocycles. The van der Waals surface area contributed by atoms with Crippen molar-refractivity contribution >= 4 is 27.5 Å². The Labute approximate surface area is 148 Å². The molecule has 3 rings (SSSR count). The minimum absolute atomic E-state index is 0.140. The van der Waals surface area contributed by atoms with Crippen LogP contribution in [0, 0.1) is 0 Å². The third kappa shape index (κ3) is 4.77. The van der Waals surface area contributed by atoms with Crippen molar-refractivity contribution in [3.63, 3.8) is 0 Å². The second kappa shape index (κ2) is 8.58. The highest BCUT2D eigenvalue weighted by molar-refractivity contribution is 7.18. The zero-order valence-corrected chi connectivity index (χ0v) is 15.3. The van der Waals surface area contributed by atoms with E-state index in [0.717, 1.165) is 36.5 Å². The summed E-state index contributed by atoms with van der Waals surface area (Å²) in [6.07, 6.45) is 6.29. The molecule has 1 aliphatic rings. The molecule has 0 radical (unpaired) electrons. The molecule has 1 amide bonds. The lowest BCUT2D eigenvalue weighted by Crippen LogP contribution is -2.39. The van der Waals surface area contributed by atoms with Crippen LogP contribution in [0.5, 0.6) is 0 Å². The first kappa shape index (κ1) is 17.4. The number of aromatic nitrogens is 1. The maximum absolute atomic E-state index is 12.0. The normalized spacial score (nSPS) is 18.8. The number of rotatable bonds is 7. The number of thiazole rings is 1. The smallest absolute Gasteiger partial charge is 0.220 e. The molecule has 1 aromatic heterocycles. The molecule has 1 saturated heterocycles. The van der Waals surface area contributed by atoms with Gasteiger partial charge in [-0.3, -0.25) is 4.79 Å². The van der Waals surface area contributed by atoms with E-state index in [1.165, 1.54) is 30.5 Å². The van der Waals surface area contributed by atoms with Crippen molar-refractivity contribution < 1.29 is 4.79 Å². The molecule has 5 heteroatoms. The Bertz CT molecular complexity index is 636. The van der Waals surface area contributed by atoms with E-state index in [1.807, 2.05) is 18.2 Å². The molecule has 1 N–H and O–H groups in total. The molecule has 2 aromatic rings. The second-order valence-corrected chi connectivity index (χ2v) is 7.77. The van der Waals surface area contributed by atoms with Gasteiger partial charge in [-0.15, -0.1) is 11.3 Å². The number of amides is 1. The summed E-state index contributed by atoms with van der Waals surface area (Å²) in [5.41, 5.74) is 1.04. The molecule has 4 nitrogen and oxygen atoms in total. The Morgan fingerprint density at radius 2 is 2.25 bits per heavy atom. The highest BCUT2D eigenvalue weighted by Gasteiger charge is 2.17. The Balaban J connectivity index is 1.33. The van der Waals surface area contributed by atoms with E-state index < -0.39 is 0 Å². The van der Waals surface area contributed by atoms with Crippen LogP contribution in [-0.4, -0.2) is 41.5 Å². The third-order valence-corrected chi connectivity index (χ3v) is 5.89. The van der Waals surface area contributed by atoms with Crippen LogP contribution in [0.4, 0.5) is 0 Å². The van der Waals surface area contributed by atoms with Gasteiger partial charge in [0.2, 0.25) is 5.91 Å². The fraction of sp³-hybridized carbons (Fsp3) is 0.579. The lowest BCUT2D eigenvalue weighted by Gasteiger charge is -2.33. The van der Waals surface area contributed by atoms with Gasteiger partial charge in [0.1, 0.15) is 0 Å². The molecule has 0 aliphatic carbocycles. The topological polar surface area (TPSA) is 45.2 Å². The second-order valence-electron chi connectivity index (χ2n) is 6.66. The number of hydrogen-bond donors (Lipinski definition) is 1. The van der Waals surface area contributed by atoms with E-state index in [9.17, 15) is 4.79 Å². The van der Waals surface area contributed by atoms with Crippen molar-refractivity contribution in [3.05, 3.63) is 29.3 Å². The quantitative estimate of drug-likeness (QED) is 0.780. The van der Waals surface area contributed by atoms with E-state index >= 15 is 0 Å². The number of nitrogens with zero attached hydrogens (tertiary/aromatic N) is 2. The number of hydrogen-bond acceptors (Lipinski definition) is 4. The Hall–Kier alpha value is -1.46. The van der Waals surface area contributed by atoms with Crippen molar-refractivity contribution in [1.82, 2.24) is 15.2 Å². The summed E-state index contributed by atoms with van der Waals surface area (Å²) in [6.45, 7) is 5.41. The molecule has 1 atom stereocenters. The third-order valence-electron chi connectivity index (χ3n) is 4.79. The van der Waals surface area contributed by atoms with Crippen LogP contribution in [0.3, 0.4) is 0 Å². The molecule has 1 aromatic carbocycles. The van der Waals surface area contributed by atoms with Crippen LogP contribution >= 0.6 is 11.3 Å². The van der Waals surface area contributed by atoms with E-state index in [4.69, 9.17) is 0 Å². The summed E-state index contributed by atoms with van der Waals surface area (Å²) >= 11 is 1.69. The maximum atomic E-state index is 12.0. The van der Waals surface area contributed by atoms with Crippen molar-refractivity contribution in [2.24, 2.45) is 0 Å². The van der Waals surface area contributed by atoms with Crippen LogP contribution in [0.2, 0.25) is 0 Å². The molecule has 130 valence electrons. The molecule has 0 bridgehead atoms. The predicted molar refractivity (Wildman–Crippen MR) is 100 cm³/mol. The molecular weight excluding hydrogens is 318 g/mol. The van der Waals surface area contributed by atoms with Crippen LogP contribution in [0.15, 0.2) is 24.3 Å². The fourth-order valence-corrected chi connectivity index (χ4v) is 4.30. The molecule has 1 aliphatic heterocycles. The van der Waals surface area contributed by atoms with Gasteiger partial charge < -0.3 is 10.2 Å². The summed E-state index contributed by atoms with van der Waals surface area (Å²) in [4.78, 5) is 19.1. The number of fused-ring (bicyclic) bond motifs is 1. The van der Waals surface area contributed by atoms with Gasteiger partial charge in [-0.2, -0.15) is 0 Å². The first-order valence-electron chi connectivity index (χ1n) is 9.07. The Morgan fingerprint density at radius 1 is 1.38 bits per heavy atom. The number of carbonyl (C=O) groups excluding carboxylic acids is 1. The van der Waals surface area contributed by atoms with E-state index in [0.29, 0.717) is 12.5 Å². The Kier molecular flexibility index (Phi) is 6.21. The number of likely N-dealkylation sites (tertiary alicyclic amines) is 1. The van der Waals surface area contributed by atoms with Crippen molar-refractivity contribution in [2.45, 2.75) is 51.5 Å². The zero-order chi connectivity index (χ0) is 16.8. The van der Waals surface area contributed by atoms with E-state index in [2.05, 4.69) is 28.2 Å². The first-order chi connectivity index (χ1) is 11.7. The molecule has 24 heavy (non-hydrogen) atoms. The average molecular weight is 346 g/mol. The van der Waals surface area contributed by atoms with Gasteiger partial charge in [-0.25, -0.2) is 4.98 Å². The number of piperidine rings is 1. The number of carbonyl (C=O) groups is 1. The molecule has 2 heterocycles. The number of benzene rings is 1. The van der Waals surface area contributed by atoms with Crippen LogP contribution in [0.25, 0.3) is 10.2 Å². The average Bonchev–Trinajstić information content (AvgIpc) is 3.01. The Morgan fingerprint density at radius 3 is 3.08 bits per heavy atom. The van der Waals surface area contributed by atoms with Gasteiger partial charge in [0, 0.05) is 32.0 Å². The SMILES string of the molecule is C[C@@H]1CCCCN1CCCNC(=O)CCc1nc2ccccc2s1. The molecule has 1 fully saturated rings. The predicted octanol–water partition coefficient (Wildman–Crippen LogP) is 3.61. The van der Waals surface area contributed by atoms with Gasteiger partial charge in [0.05, 0.1) is 15.2 Å². The van der Waals surface area contributed by atoms with Crippen molar-refractivity contribution in [2.75, 3.05) is 19.6 Å². The lowest BCUT2D eigenvalue weighted by atomic mass is 10.0. The largest absolute Gasteiger partial charge is 0.356 e. The van der Waals surface area contributed by atoms with Crippen molar-refractivity contribution in [3.8, 4) is 0 Å². The van der Waals surface area contributed by atoms with E-state index in [-0.39, 0.29) is 5.91 Å². The summed E-state index contributed by atoms with van der Waals surface area (Å²) < 4.78 is 1.20. The number of para-hydroxylation sites is 1. The molecule has 0 spiro atoms. The summed E-state index contributed by atoms with van der Waals surface area (Å²) in [6, 6.07) is 8.84. The van der Waals surface area contributed by atoms with Crippen LogP contribution in [0.1, 0.15) is 44.0 Å². The van der Waals surface area contributed by atoms with Gasteiger partial charge in [0.25, 0.3) is 0 Å². The number of aryl methyl sites for hydroxylation is 1. The van der Waals surface area contributed by atoms with E-state index in [1.54, 1.807) is 11.3 Å². The fourth-order valence-electron chi connectivity index (χ4n) is 3.34. The molecular formula is C19H27N3OS. The maximum Gasteiger partial charge on any atom is 0.220 e. The monoisotopic (exact) mass is 345 g/mol. The highest BCUT2D eigenvalue weighted by Crippen LogP contribution is 2.22. The van der Waals surface area contributed by atoms with Gasteiger partial charge >= 0.3 is 0 Å². The molecule has 0 unspecified atom stereocenters. The minimum Gasteiger partial charge on any atom is -0.356 e. The minimum atomic E-state index is 0.140. The van der Waals surface area contributed by atoms with Gasteiger partial charge in [-0.1, -0.05) is 18.6 Å². The zero-order valence-electron chi connectivity index (χ0n) is 14.5. The van der Waals surface area contributed by atoms with Crippen LogP contribution in [-0.2, 0) is 11.2 Å². The standard InChI is InChI=1S/C19H27N3OS/c1-15-7-4-5-13-22(15)14-6-12-20-18(23)10-11-19-21-16-8-2-3-9-17(16)24-19/h2-3,8-9,15H,4-7,10-14H2,1H3,(H,20,23)/t15-/m1/s1. The highest BCUT2D eigenvalue weighted by atomic mass is 32.1. The summed E-state index contributed by atoms with van der Waals surface area (Å²) in [5.74, 6) is 0.140. The van der Waals surface area contributed by atoms with Gasteiger partial charge in [0.15, 0.2) is 0 Å². The summed E-state index contributed by atoms with van der Waals surface area (Å²) in [5, 5.41) is 4.10. The van der Waals surface area contributed by atoms with Gasteiger partial charge in [-0.05, 0) is 44.9 Å². The lowest BCUT2D eigenvalue weighted by molar-refractivity contribution is -0.121. The number of nitrogens with one attached hydrogen (secondary N) is 1. The summed E-state index contributed by atoms with van der Waals surface area (Å²) in [7, 11) is 0. The van der Waals surface area contributed by atoms with Crippen LogP contribution < -0.4 is 5.32 Å². The first-order valence-corrected chi connectivity index (χ1v) is 9.89. The van der Waals surface area contributed by atoms with Crippen molar-refractivity contribution in [1.29, 1.82) is 0 Å².